The van der Waals surface area contributed by atoms with Crippen LogP contribution < -0.4 is 0 Å². The van der Waals surface area contributed by atoms with Crippen LogP contribution in [0.4, 0.5) is 0 Å². The number of carbonyl (C=O) groups is 3. The summed E-state index contributed by atoms with van der Waals surface area (Å²) in [4.78, 5) is 34.0. The van der Waals surface area contributed by atoms with Gasteiger partial charge < -0.3 is 14.9 Å². The fraction of sp³-hybridized carbons (Fsp3) is 0.105. The van der Waals surface area contributed by atoms with E-state index in [1.54, 1.807) is 6.08 Å². The van der Waals surface area contributed by atoms with Gasteiger partial charge in [0.25, 0.3) is 0 Å². The quantitative estimate of drug-likeness (QED) is 0.593. The van der Waals surface area contributed by atoms with Crippen LogP contribution >= 0.6 is 0 Å². The molecular formula is C19H16O6. The molecule has 2 aromatic carbocycles. The highest BCUT2D eigenvalue weighted by molar-refractivity contribution is 5.99. The predicted octanol–water partition coefficient (Wildman–Crippen LogP) is 3.04. The summed E-state index contributed by atoms with van der Waals surface area (Å²) in [5, 5.41) is 18.0. The van der Waals surface area contributed by atoms with Crippen LogP contribution in [0, 0.1) is 0 Å². The second-order valence-corrected chi connectivity index (χ2v) is 5.17. The number of ether oxygens (including phenoxy) is 1. The molecule has 2 rings (SSSR count). The minimum Gasteiger partial charge on any atom is -0.478 e. The minimum absolute atomic E-state index is 0.00533. The van der Waals surface area contributed by atoms with Gasteiger partial charge >= 0.3 is 17.9 Å². The molecule has 0 fully saturated rings. The zero-order chi connectivity index (χ0) is 18.2. The summed E-state index contributed by atoms with van der Waals surface area (Å²) >= 11 is 0. The van der Waals surface area contributed by atoms with E-state index < -0.39 is 17.9 Å². The van der Waals surface area contributed by atoms with E-state index in [0.29, 0.717) is 6.42 Å². The average molecular weight is 340 g/mol. The molecule has 0 radical (unpaired) electrons. The van der Waals surface area contributed by atoms with Crippen molar-refractivity contribution in [3.05, 3.63) is 82.9 Å². The van der Waals surface area contributed by atoms with Gasteiger partial charge in [0.1, 0.15) is 6.61 Å². The molecule has 0 amide bonds. The molecule has 0 heterocycles. The maximum Gasteiger partial charge on any atom is 0.338 e. The van der Waals surface area contributed by atoms with Crippen LogP contribution in [-0.4, -0.2) is 34.7 Å². The largest absolute Gasteiger partial charge is 0.478 e. The highest BCUT2D eigenvalue weighted by Gasteiger charge is 2.16. The minimum atomic E-state index is -1.32. The standard InChI is InChI=1S/C19H16O6/c20-17(21)14-10-15(18(22)23)12-16(11-14)19(24)25-9-5-4-8-13-6-2-1-3-7-13/h1-7,10-12H,8-9H2,(H,20,21)(H,22,23). The third-order valence-electron chi connectivity index (χ3n) is 3.34. The number of aromatic carboxylic acids is 2. The first kappa shape index (κ1) is 17.9. The van der Waals surface area contributed by atoms with E-state index in [1.165, 1.54) is 0 Å². The molecule has 6 heteroatoms. The summed E-state index contributed by atoms with van der Waals surface area (Å²) in [7, 11) is 0. The van der Waals surface area contributed by atoms with Crippen LogP contribution in [0.3, 0.4) is 0 Å². The van der Waals surface area contributed by atoms with Crippen molar-refractivity contribution in [3.63, 3.8) is 0 Å². The SMILES string of the molecule is O=C(O)c1cc(C(=O)O)cc(C(=O)OCC=CCc2ccccc2)c1. The number of hydrogen-bond acceptors (Lipinski definition) is 4. The number of carboxylic acid groups (broad SMARTS) is 2. The van der Waals surface area contributed by atoms with E-state index in [-0.39, 0.29) is 23.3 Å². The highest BCUT2D eigenvalue weighted by Crippen LogP contribution is 2.12. The molecule has 0 bridgehead atoms. The fourth-order valence-electron chi connectivity index (χ4n) is 2.10. The summed E-state index contributed by atoms with van der Waals surface area (Å²) < 4.78 is 5.02. The van der Waals surface area contributed by atoms with Gasteiger partial charge in [-0.2, -0.15) is 0 Å². The molecule has 0 saturated heterocycles. The number of allylic oxidation sites excluding steroid dienone is 1. The van der Waals surface area contributed by atoms with Gasteiger partial charge in [-0.3, -0.25) is 0 Å². The predicted molar refractivity (Wildman–Crippen MR) is 89.9 cm³/mol. The first-order valence-corrected chi connectivity index (χ1v) is 7.45. The van der Waals surface area contributed by atoms with Crippen LogP contribution in [0.1, 0.15) is 36.6 Å². The lowest BCUT2D eigenvalue weighted by atomic mass is 10.1. The van der Waals surface area contributed by atoms with Gasteiger partial charge in [0.2, 0.25) is 0 Å². The van der Waals surface area contributed by atoms with Crippen molar-refractivity contribution < 1.29 is 29.3 Å². The van der Waals surface area contributed by atoms with Crippen LogP contribution in [0.25, 0.3) is 0 Å². The van der Waals surface area contributed by atoms with Crippen molar-refractivity contribution in [1.82, 2.24) is 0 Å². The molecule has 25 heavy (non-hydrogen) atoms. The molecule has 2 N–H and O–H groups in total. The Kier molecular flexibility index (Phi) is 6.06. The van der Waals surface area contributed by atoms with E-state index in [2.05, 4.69) is 0 Å². The van der Waals surface area contributed by atoms with Gasteiger partial charge in [-0.1, -0.05) is 42.5 Å². The number of benzene rings is 2. The van der Waals surface area contributed by atoms with Crippen LogP contribution in [0.5, 0.6) is 0 Å². The molecule has 0 atom stereocenters. The highest BCUT2D eigenvalue weighted by atomic mass is 16.5. The second-order valence-electron chi connectivity index (χ2n) is 5.17. The smallest absolute Gasteiger partial charge is 0.338 e. The van der Waals surface area contributed by atoms with Gasteiger partial charge in [0, 0.05) is 0 Å². The van der Waals surface area contributed by atoms with E-state index >= 15 is 0 Å². The summed E-state index contributed by atoms with van der Waals surface area (Å²) in [6.07, 6.45) is 4.21. The Morgan fingerprint density at radius 2 is 1.40 bits per heavy atom. The maximum absolute atomic E-state index is 12.0. The molecule has 0 unspecified atom stereocenters. The van der Waals surface area contributed by atoms with Crippen molar-refractivity contribution in [2.45, 2.75) is 6.42 Å². The third-order valence-corrected chi connectivity index (χ3v) is 3.34. The zero-order valence-corrected chi connectivity index (χ0v) is 13.2. The van der Waals surface area contributed by atoms with Gasteiger partial charge in [0.05, 0.1) is 16.7 Å². The first-order chi connectivity index (χ1) is 12.0. The topological polar surface area (TPSA) is 101 Å². The zero-order valence-electron chi connectivity index (χ0n) is 13.2. The van der Waals surface area contributed by atoms with Gasteiger partial charge in [-0.05, 0) is 30.2 Å². The third kappa shape index (κ3) is 5.31. The monoisotopic (exact) mass is 340 g/mol. The second kappa shape index (κ2) is 8.44. The van der Waals surface area contributed by atoms with E-state index in [1.807, 2.05) is 36.4 Å². The van der Waals surface area contributed by atoms with Crippen molar-refractivity contribution in [2.75, 3.05) is 6.61 Å². The first-order valence-electron chi connectivity index (χ1n) is 7.45. The van der Waals surface area contributed by atoms with Crippen LogP contribution in [-0.2, 0) is 11.2 Å². The number of esters is 1. The Balaban J connectivity index is 1.98. The van der Waals surface area contributed by atoms with E-state index in [0.717, 1.165) is 23.8 Å². The number of hydrogen-bond donors (Lipinski definition) is 2. The Bertz CT molecular complexity index is 776. The Morgan fingerprint density at radius 3 is 1.96 bits per heavy atom. The summed E-state index contributed by atoms with van der Waals surface area (Å²) in [5.41, 5.74) is 0.428. The van der Waals surface area contributed by atoms with Gasteiger partial charge in [-0.25, -0.2) is 14.4 Å². The molecule has 0 spiro atoms. The van der Waals surface area contributed by atoms with Crippen LogP contribution in [0.2, 0.25) is 0 Å². The van der Waals surface area contributed by atoms with Gasteiger partial charge in [-0.15, -0.1) is 0 Å². The van der Waals surface area contributed by atoms with Crippen LogP contribution in [0.15, 0.2) is 60.7 Å². The summed E-state index contributed by atoms with van der Waals surface area (Å²) in [5.74, 6) is -3.42. The normalized spacial score (nSPS) is 10.6. The van der Waals surface area contributed by atoms with Crippen molar-refractivity contribution in [3.8, 4) is 0 Å². The Hall–Kier alpha value is -3.41. The lowest BCUT2D eigenvalue weighted by molar-refractivity contribution is 0.0549. The molecule has 6 nitrogen and oxygen atoms in total. The summed E-state index contributed by atoms with van der Waals surface area (Å²) in [6, 6.07) is 12.9. The summed E-state index contributed by atoms with van der Waals surface area (Å²) in [6.45, 7) is 0.00533. The number of rotatable bonds is 7. The maximum atomic E-state index is 12.0. The van der Waals surface area contributed by atoms with Crippen molar-refractivity contribution in [1.29, 1.82) is 0 Å². The molecule has 128 valence electrons. The molecule has 0 aromatic heterocycles. The number of carboxylic acids is 2. The molecular weight excluding hydrogens is 324 g/mol. The Labute approximate surface area is 144 Å². The van der Waals surface area contributed by atoms with Crippen molar-refractivity contribution in [2.24, 2.45) is 0 Å². The fourth-order valence-corrected chi connectivity index (χ4v) is 2.10. The average Bonchev–Trinajstić information content (AvgIpc) is 2.61. The molecule has 0 aliphatic rings. The molecule has 0 saturated carbocycles. The lowest BCUT2D eigenvalue weighted by Gasteiger charge is -2.05. The van der Waals surface area contributed by atoms with Gasteiger partial charge in [0.15, 0.2) is 0 Å². The molecule has 0 aliphatic carbocycles. The van der Waals surface area contributed by atoms with E-state index in [4.69, 9.17) is 14.9 Å². The lowest BCUT2D eigenvalue weighted by Crippen LogP contribution is -2.10. The van der Waals surface area contributed by atoms with Crippen molar-refractivity contribution >= 4 is 17.9 Å². The molecule has 2 aromatic rings. The number of carbonyl (C=O) groups excluding carboxylic acids is 1. The van der Waals surface area contributed by atoms with E-state index in [9.17, 15) is 14.4 Å². The Morgan fingerprint density at radius 1 is 0.840 bits per heavy atom. The molecule has 0 aliphatic heterocycles.